The first kappa shape index (κ1) is 21.3. The Balaban J connectivity index is 1.12. The average molecular weight is 485 g/mol. The van der Waals surface area contributed by atoms with Crippen molar-refractivity contribution < 1.29 is 27.1 Å². The quantitative estimate of drug-likeness (QED) is 0.398. The fraction of sp³-hybridized carbons (Fsp3) is 0.682. The summed E-state index contributed by atoms with van der Waals surface area (Å²) in [6.45, 7) is -0.280. The number of carbonyl (C=O) groups is 1. The fourth-order valence-electron chi connectivity index (χ4n) is 6.88. The van der Waals surface area contributed by atoms with Crippen LogP contribution < -0.4 is 5.43 Å². The summed E-state index contributed by atoms with van der Waals surface area (Å²) in [6, 6.07) is 1.99. The molecule has 1 amide bonds. The molecule has 0 aromatic heterocycles. The van der Waals surface area contributed by atoms with E-state index in [-0.39, 0.29) is 27.4 Å². The van der Waals surface area contributed by atoms with E-state index in [0.717, 1.165) is 37.0 Å². The van der Waals surface area contributed by atoms with Gasteiger partial charge in [0, 0.05) is 0 Å². The van der Waals surface area contributed by atoms with Gasteiger partial charge in [-0.2, -0.15) is 9.40 Å². The van der Waals surface area contributed by atoms with E-state index in [1.165, 1.54) is 42.5 Å². The normalized spacial score (nSPS) is 41.3. The number of carbonyl (C=O) groups excluding carboxylic acids is 1. The molecule has 2 aliphatic heterocycles. The number of rotatable bonds is 5. The number of nitrogens with zero attached hydrogens (tertiary/aromatic N) is 1. The summed E-state index contributed by atoms with van der Waals surface area (Å²) in [5, 5.41) is 1.22. The highest BCUT2D eigenvalue weighted by atomic mass is 35.5. The van der Waals surface area contributed by atoms with Crippen molar-refractivity contribution in [3.63, 3.8) is 0 Å². The van der Waals surface area contributed by atoms with E-state index in [4.69, 9.17) is 21.1 Å². The second-order valence-electron chi connectivity index (χ2n) is 10.3. The monoisotopic (exact) mass is 484 g/mol. The summed E-state index contributed by atoms with van der Waals surface area (Å²) in [4.78, 5) is 12.9. The molecule has 174 valence electrons. The lowest BCUT2D eigenvalue weighted by Gasteiger charge is -2.57. The molecule has 4 saturated carbocycles. The molecule has 0 spiro atoms. The molecule has 1 saturated heterocycles. The van der Waals surface area contributed by atoms with Gasteiger partial charge in [-0.05, 0) is 73.8 Å². The number of amides is 1. The lowest BCUT2D eigenvalue weighted by atomic mass is 9.50. The number of fused-ring (bicyclic) bond motifs is 1. The van der Waals surface area contributed by atoms with Gasteiger partial charge in [-0.15, -0.1) is 11.6 Å². The predicted molar refractivity (Wildman–Crippen MR) is 112 cm³/mol. The largest absolute Gasteiger partial charge is 0.335 e. The number of alkyl halides is 2. The van der Waals surface area contributed by atoms with Crippen LogP contribution in [0.2, 0.25) is 0 Å². The third kappa shape index (κ3) is 3.48. The molecule has 4 bridgehead atoms. The maximum absolute atomic E-state index is 15.6. The number of nitrogens with one attached hydrogen (secondary N) is 1. The molecule has 7 nitrogen and oxygen atoms in total. The molecular formula is C22H26ClFN2O5S. The van der Waals surface area contributed by atoms with Gasteiger partial charge in [-0.3, -0.25) is 10.2 Å². The minimum atomic E-state index is -3.50. The summed E-state index contributed by atoms with van der Waals surface area (Å²) in [6.07, 6.45) is 7.14. The van der Waals surface area contributed by atoms with Gasteiger partial charge < -0.3 is 9.47 Å². The van der Waals surface area contributed by atoms with Gasteiger partial charge in [0.2, 0.25) is 9.84 Å². The lowest BCUT2D eigenvalue weighted by molar-refractivity contribution is -0.356. The van der Waals surface area contributed by atoms with Crippen LogP contribution in [0.4, 0.5) is 4.39 Å². The summed E-state index contributed by atoms with van der Waals surface area (Å²) in [5.74, 6) is 1.53. The van der Waals surface area contributed by atoms with Gasteiger partial charge >= 0.3 is 6.04 Å². The maximum Gasteiger partial charge on any atom is 0.335 e. The minimum absolute atomic E-state index is 0.0152. The zero-order valence-electron chi connectivity index (χ0n) is 17.6. The molecule has 1 aromatic carbocycles. The molecule has 6 aliphatic rings. The van der Waals surface area contributed by atoms with E-state index in [1.807, 2.05) is 0 Å². The van der Waals surface area contributed by atoms with Crippen LogP contribution in [-0.2, 0) is 19.3 Å². The van der Waals surface area contributed by atoms with E-state index in [9.17, 15) is 13.2 Å². The van der Waals surface area contributed by atoms with E-state index in [0.29, 0.717) is 6.61 Å². The Morgan fingerprint density at radius 3 is 2.53 bits per heavy atom. The number of benzene rings is 1. The first-order valence-corrected chi connectivity index (χ1v) is 13.2. The number of hydrazine groups is 1. The lowest BCUT2D eigenvalue weighted by Crippen LogP contribution is -2.60. The van der Waals surface area contributed by atoms with Crippen LogP contribution in [0.3, 0.4) is 0 Å². The van der Waals surface area contributed by atoms with E-state index < -0.39 is 33.8 Å². The molecule has 7 rings (SSSR count). The summed E-state index contributed by atoms with van der Waals surface area (Å²) in [5.41, 5.74) is 1.78. The maximum atomic E-state index is 15.6. The van der Waals surface area contributed by atoms with Gasteiger partial charge in [0.05, 0.1) is 23.7 Å². The van der Waals surface area contributed by atoms with E-state index >= 15 is 4.39 Å². The Morgan fingerprint density at radius 2 is 1.88 bits per heavy atom. The van der Waals surface area contributed by atoms with Gasteiger partial charge in [-0.1, -0.05) is 6.07 Å². The van der Waals surface area contributed by atoms with Crippen LogP contribution in [-0.4, -0.2) is 50.6 Å². The van der Waals surface area contributed by atoms with Crippen molar-refractivity contribution in [2.75, 3.05) is 19.8 Å². The van der Waals surface area contributed by atoms with Gasteiger partial charge in [0.25, 0.3) is 5.91 Å². The molecule has 10 heteroatoms. The van der Waals surface area contributed by atoms with Crippen molar-refractivity contribution in [3.05, 3.63) is 23.8 Å². The molecule has 4 aliphatic carbocycles. The van der Waals surface area contributed by atoms with Crippen molar-refractivity contribution in [1.82, 2.24) is 10.4 Å². The zero-order chi connectivity index (χ0) is 22.3. The minimum Gasteiger partial charge on any atom is -0.322 e. The highest BCUT2D eigenvalue weighted by molar-refractivity contribution is 7.97. The first-order valence-electron chi connectivity index (χ1n) is 11.2. The number of hydrogen-bond donors (Lipinski definition) is 1. The second kappa shape index (κ2) is 7.12. The Labute approximate surface area is 191 Å². The van der Waals surface area contributed by atoms with Crippen molar-refractivity contribution >= 4 is 27.3 Å². The smallest absolute Gasteiger partial charge is 0.322 e. The molecule has 2 unspecified atom stereocenters. The SMILES string of the molecule is O=C(NN1CC(F)(OCC23CC4CC(CC(C4)C2)C3)OCC1Cl)c1cccc2c1S2(=O)=O. The Morgan fingerprint density at radius 1 is 1.22 bits per heavy atom. The molecule has 5 fully saturated rings. The van der Waals surface area contributed by atoms with E-state index in [2.05, 4.69) is 5.43 Å². The molecule has 1 N–H and O–H groups in total. The second-order valence-corrected chi connectivity index (χ2v) is 12.7. The third-order valence-electron chi connectivity index (χ3n) is 7.88. The van der Waals surface area contributed by atoms with Gasteiger partial charge in [0.1, 0.15) is 16.9 Å². The molecule has 1 aromatic rings. The fourth-order valence-corrected chi connectivity index (χ4v) is 8.57. The van der Waals surface area contributed by atoms with Crippen LogP contribution in [0.15, 0.2) is 28.0 Å². The van der Waals surface area contributed by atoms with Crippen LogP contribution in [0.5, 0.6) is 0 Å². The Hall–Kier alpha value is -1.26. The highest BCUT2D eigenvalue weighted by Gasteiger charge is 2.53. The standard InChI is InChI=1S/C22H26ClFN2O5S/c23-18-10-30-22(24,31-12-21-7-13-4-14(8-21)6-15(5-13)9-21)11-26(18)25-20(27)16-2-1-3-17-19(16)32(17,28)29/h1-3,13-15,18H,4-12H2,(H,25,27). The average Bonchev–Trinajstić information content (AvgIpc) is 3.30. The molecule has 2 heterocycles. The Bertz CT molecular complexity index is 1050. The van der Waals surface area contributed by atoms with Gasteiger partial charge in [0.15, 0.2) is 0 Å². The zero-order valence-corrected chi connectivity index (χ0v) is 19.1. The van der Waals surface area contributed by atoms with Crippen molar-refractivity contribution in [1.29, 1.82) is 0 Å². The van der Waals surface area contributed by atoms with Crippen LogP contribution in [0.25, 0.3) is 0 Å². The highest BCUT2D eigenvalue weighted by Crippen LogP contribution is 2.60. The summed E-state index contributed by atoms with van der Waals surface area (Å²) < 4.78 is 50.5. The summed E-state index contributed by atoms with van der Waals surface area (Å²) >= 11 is 6.25. The number of morpholine rings is 1. The molecule has 0 radical (unpaired) electrons. The van der Waals surface area contributed by atoms with Crippen LogP contribution in [0, 0.1) is 23.2 Å². The number of halogens is 2. The topological polar surface area (TPSA) is 84.9 Å². The van der Waals surface area contributed by atoms with Crippen molar-refractivity contribution in [2.24, 2.45) is 23.2 Å². The third-order valence-corrected chi connectivity index (χ3v) is 9.93. The number of sulfone groups is 1. The predicted octanol–water partition coefficient (Wildman–Crippen LogP) is 3.23. The molecule has 32 heavy (non-hydrogen) atoms. The number of hydrogen-bond acceptors (Lipinski definition) is 6. The number of ether oxygens (including phenoxy) is 2. The first-order chi connectivity index (χ1) is 15.2. The van der Waals surface area contributed by atoms with Crippen LogP contribution >= 0.6 is 11.6 Å². The van der Waals surface area contributed by atoms with E-state index in [1.54, 1.807) is 0 Å². The molecule has 2 atom stereocenters. The van der Waals surface area contributed by atoms with Gasteiger partial charge in [-0.25, -0.2) is 8.42 Å². The Kier molecular flexibility index (Phi) is 4.74. The van der Waals surface area contributed by atoms with Crippen molar-refractivity contribution in [2.45, 2.75) is 59.9 Å². The van der Waals surface area contributed by atoms with Crippen LogP contribution in [0.1, 0.15) is 48.9 Å². The summed E-state index contributed by atoms with van der Waals surface area (Å²) in [7, 11) is -3.50. The van der Waals surface area contributed by atoms with Crippen molar-refractivity contribution in [3.8, 4) is 0 Å². The molecular weight excluding hydrogens is 459 g/mol.